The SMILES string of the molecule is C[C@H](OC(=O)c1cccc(Cl)c1)C(=O)N[C@H]1CCCC[C@@H]1C. The first kappa shape index (κ1) is 16.8. The van der Waals surface area contributed by atoms with E-state index in [0.29, 0.717) is 16.5 Å². The van der Waals surface area contributed by atoms with E-state index in [2.05, 4.69) is 12.2 Å². The summed E-state index contributed by atoms with van der Waals surface area (Å²) in [7, 11) is 0. The smallest absolute Gasteiger partial charge is 0.338 e. The molecule has 0 bridgehead atoms. The molecule has 5 heteroatoms. The molecule has 0 aliphatic heterocycles. The van der Waals surface area contributed by atoms with Gasteiger partial charge in [-0.15, -0.1) is 0 Å². The third kappa shape index (κ3) is 4.47. The Labute approximate surface area is 136 Å². The molecule has 0 saturated heterocycles. The number of carbonyl (C=O) groups is 2. The van der Waals surface area contributed by atoms with Crippen LogP contribution in [0.5, 0.6) is 0 Å². The average molecular weight is 324 g/mol. The van der Waals surface area contributed by atoms with E-state index in [-0.39, 0.29) is 11.9 Å². The summed E-state index contributed by atoms with van der Waals surface area (Å²) in [6.07, 6.45) is 3.64. The van der Waals surface area contributed by atoms with E-state index in [1.54, 1.807) is 25.1 Å². The van der Waals surface area contributed by atoms with Crippen LogP contribution in [-0.4, -0.2) is 24.0 Å². The summed E-state index contributed by atoms with van der Waals surface area (Å²) in [4.78, 5) is 24.2. The van der Waals surface area contributed by atoms with Crippen LogP contribution in [0.2, 0.25) is 5.02 Å². The van der Waals surface area contributed by atoms with Crippen molar-refractivity contribution < 1.29 is 14.3 Å². The highest BCUT2D eigenvalue weighted by Crippen LogP contribution is 2.23. The maximum Gasteiger partial charge on any atom is 0.338 e. The van der Waals surface area contributed by atoms with Crippen LogP contribution < -0.4 is 5.32 Å². The fraction of sp³-hybridized carbons (Fsp3) is 0.529. The molecule has 22 heavy (non-hydrogen) atoms. The fourth-order valence-corrected chi connectivity index (χ4v) is 2.92. The van der Waals surface area contributed by atoms with Crippen LogP contribution in [0.25, 0.3) is 0 Å². The van der Waals surface area contributed by atoms with Gasteiger partial charge in [-0.2, -0.15) is 0 Å². The molecule has 1 aliphatic carbocycles. The number of nitrogens with one attached hydrogen (secondary N) is 1. The number of ether oxygens (including phenoxy) is 1. The minimum atomic E-state index is -0.819. The molecule has 0 heterocycles. The Hall–Kier alpha value is -1.55. The number of rotatable bonds is 4. The summed E-state index contributed by atoms with van der Waals surface area (Å²) < 4.78 is 5.22. The number of carbonyl (C=O) groups excluding carboxylic acids is 2. The summed E-state index contributed by atoms with van der Waals surface area (Å²) >= 11 is 5.85. The molecule has 0 unspecified atom stereocenters. The highest BCUT2D eigenvalue weighted by atomic mass is 35.5. The van der Waals surface area contributed by atoms with Crippen molar-refractivity contribution in [2.24, 2.45) is 5.92 Å². The van der Waals surface area contributed by atoms with E-state index >= 15 is 0 Å². The normalized spacial score (nSPS) is 22.7. The first-order valence-corrected chi connectivity index (χ1v) is 8.12. The predicted molar refractivity (Wildman–Crippen MR) is 85.9 cm³/mol. The Bertz CT molecular complexity index is 546. The van der Waals surface area contributed by atoms with Gasteiger partial charge in [-0.05, 0) is 43.9 Å². The van der Waals surface area contributed by atoms with E-state index < -0.39 is 12.1 Å². The van der Waals surface area contributed by atoms with Gasteiger partial charge in [0.25, 0.3) is 5.91 Å². The van der Waals surface area contributed by atoms with Crippen LogP contribution in [0.15, 0.2) is 24.3 Å². The molecule has 1 amide bonds. The van der Waals surface area contributed by atoms with Crippen LogP contribution >= 0.6 is 11.6 Å². The van der Waals surface area contributed by atoms with Gasteiger partial charge in [-0.3, -0.25) is 4.79 Å². The molecule has 1 aromatic rings. The van der Waals surface area contributed by atoms with E-state index in [9.17, 15) is 9.59 Å². The highest BCUT2D eigenvalue weighted by Gasteiger charge is 2.26. The molecular formula is C17H22ClNO3. The molecule has 1 saturated carbocycles. The number of esters is 1. The lowest BCUT2D eigenvalue weighted by Gasteiger charge is -2.30. The van der Waals surface area contributed by atoms with Gasteiger partial charge >= 0.3 is 5.97 Å². The van der Waals surface area contributed by atoms with Crippen LogP contribution in [0.1, 0.15) is 49.9 Å². The topological polar surface area (TPSA) is 55.4 Å². The Morgan fingerprint density at radius 3 is 2.73 bits per heavy atom. The third-order valence-electron chi connectivity index (χ3n) is 4.15. The van der Waals surface area contributed by atoms with Crippen LogP contribution in [0, 0.1) is 5.92 Å². The fourth-order valence-electron chi connectivity index (χ4n) is 2.73. The average Bonchev–Trinajstić information content (AvgIpc) is 2.49. The number of amides is 1. The van der Waals surface area contributed by atoms with E-state index in [4.69, 9.17) is 16.3 Å². The van der Waals surface area contributed by atoms with Crippen molar-refractivity contribution in [3.63, 3.8) is 0 Å². The number of halogens is 1. The zero-order valence-corrected chi connectivity index (χ0v) is 13.7. The van der Waals surface area contributed by atoms with Gasteiger partial charge in [0.1, 0.15) is 0 Å². The minimum Gasteiger partial charge on any atom is -0.449 e. The Morgan fingerprint density at radius 1 is 1.32 bits per heavy atom. The predicted octanol–water partition coefficient (Wildman–Crippen LogP) is 3.58. The maximum atomic E-state index is 12.2. The molecule has 0 aromatic heterocycles. The van der Waals surface area contributed by atoms with Gasteiger partial charge in [0.2, 0.25) is 0 Å². The molecule has 1 N–H and O–H groups in total. The Kier molecular flexibility index (Phi) is 5.83. The molecular weight excluding hydrogens is 302 g/mol. The molecule has 0 radical (unpaired) electrons. The zero-order chi connectivity index (χ0) is 16.1. The molecule has 2 rings (SSSR count). The molecule has 1 aromatic carbocycles. The quantitative estimate of drug-likeness (QED) is 0.862. The first-order valence-electron chi connectivity index (χ1n) is 7.74. The second-order valence-electron chi connectivity index (χ2n) is 5.93. The van der Waals surface area contributed by atoms with Gasteiger partial charge < -0.3 is 10.1 Å². The number of benzene rings is 1. The summed E-state index contributed by atoms with van der Waals surface area (Å²) in [6, 6.07) is 6.67. The molecule has 1 aliphatic rings. The summed E-state index contributed by atoms with van der Waals surface area (Å²) in [6.45, 7) is 3.73. The van der Waals surface area contributed by atoms with Crippen molar-refractivity contribution in [2.75, 3.05) is 0 Å². The van der Waals surface area contributed by atoms with Crippen LogP contribution in [-0.2, 0) is 9.53 Å². The lowest BCUT2D eigenvalue weighted by molar-refractivity contribution is -0.130. The summed E-state index contributed by atoms with van der Waals surface area (Å²) in [5.41, 5.74) is 0.346. The van der Waals surface area contributed by atoms with Gasteiger partial charge in [0, 0.05) is 11.1 Å². The van der Waals surface area contributed by atoms with Gasteiger partial charge in [0.15, 0.2) is 6.10 Å². The second-order valence-corrected chi connectivity index (χ2v) is 6.37. The van der Waals surface area contributed by atoms with Crippen molar-refractivity contribution in [2.45, 2.75) is 51.7 Å². The minimum absolute atomic E-state index is 0.175. The molecule has 120 valence electrons. The lowest BCUT2D eigenvalue weighted by atomic mass is 9.86. The highest BCUT2D eigenvalue weighted by molar-refractivity contribution is 6.30. The molecule has 0 spiro atoms. The van der Waals surface area contributed by atoms with Crippen LogP contribution in [0.3, 0.4) is 0 Å². The molecule has 3 atom stereocenters. The largest absolute Gasteiger partial charge is 0.449 e. The van der Waals surface area contributed by atoms with E-state index in [1.165, 1.54) is 12.5 Å². The van der Waals surface area contributed by atoms with Gasteiger partial charge in [-0.25, -0.2) is 4.79 Å². The third-order valence-corrected chi connectivity index (χ3v) is 4.39. The summed E-state index contributed by atoms with van der Waals surface area (Å²) in [5, 5.41) is 3.46. The van der Waals surface area contributed by atoms with Gasteiger partial charge in [-0.1, -0.05) is 37.4 Å². The van der Waals surface area contributed by atoms with Crippen molar-refractivity contribution in [1.82, 2.24) is 5.32 Å². The zero-order valence-electron chi connectivity index (χ0n) is 13.0. The van der Waals surface area contributed by atoms with Crippen molar-refractivity contribution in [3.05, 3.63) is 34.9 Å². The van der Waals surface area contributed by atoms with Crippen molar-refractivity contribution >= 4 is 23.5 Å². The first-order chi connectivity index (χ1) is 10.5. The Balaban J connectivity index is 1.89. The van der Waals surface area contributed by atoms with E-state index in [1.807, 2.05) is 0 Å². The monoisotopic (exact) mass is 323 g/mol. The van der Waals surface area contributed by atoms with E-state index in [0.717, 1.165) is 19.3 Å². The van der Waals surface area contributed by atoms with Crippen molar-refractivity contribution in [1.29, 1.82) is 0 Å². The maximum absolute atomic E-state index is 12.2. The van der Waals surface area contributed by atoms with Crippen LogP contribution in [0.4, 0.5) is 0 Å². The standard InChI is InChI=1S/C17H22ClNO3/c1-11-6-3-4-9-15(11)19-16(20)12(2)22-17(21)13-7-5-8-14(18)10-13/h5,7-8,10-12,15H,3-4,6,9H2,1-2H3,(H,19,20)/t11-,12-,15-/m0/s1. The van der Waals surface area contributed by atoms with Gasteiger partial charge in [0.05, 0.1) is 5.56 Å². The molecule has 4 nitrogen and oxygen atoms in total. The second kappa shape index (κ2) is 7.63. The summed E-state index contributed by atoms with van der Waals surface area (Å²) in [5.74, 6) is -0.315. The number of hydrogen-bond acceptors (Lipinski definition) is 3. The van der Waals surface area contributed by atoms with Crippen molar-refractivity contribution in [3.8, 4) is 0 Å². The number of hydrogen-bond donors (Lipinski definition) is 1. The Morgan fingerprint density at radius 2 is 2.05 bits per heavy atom. The lowest BCUT2D eigenvalue weighted by Crippen LogP contribution is -2.45. The molecule has 1 fully saturated rings.